The second kappa shape index (κ2) is 9.62. The molecule has 2 heterocycles. The van der Waals surface area contributed by atoms with E-state index in [2.05, 4.69) is 48.6 Å². The molecule has 172 valence electrons. The van der Waals surface area contributed by atoms with Crippen molar-refractivity contribution in [2.24, 2.45) is 0 Å². The molecule has 1 aromatic heterocycles. The minimum absolute atomic E-state index is 0.0813. The average molecular weight is 435 g/mol. The first-order chi connectivity index (χ1) is 15.7. The summed E-state index contributed by atoms with van der Waals surface area (Å²) in [6.45, 7) is 4.73. The lowest BCUT2D eigenvalue weighted by Gasteiger charge is -2.46. The van der Waals surface area contributed by atoms with Gasteiger partial charge in [0, 0.05) is 36.6 Å². The summed E-state index contributed by atoms with van der Waals surface area (Å²) >= 11 is 0. The van der Waals surface area contributed by atoms with Crippen molar-refractivity contribution in [1.29, 1.82) is 0 Å². The molecule has 3 atom stereocenters. The van der Waals surface area contributed by atoms with E-state index in [9.17, 15) is 0 Å². The Hall–Kier alpha value is -1.75. The van der Waals surface area contributed by atoms with Gasteiger partial charge >= 0.3 is 0 Å². The Morgan fingerprint density at radius 3 is 2.62 bits per heavy atom. The van der Waals surface area contributed by atoms with Crippen LogP contribution in [0.1, 0.15) is 93.7 Å². The highest BCUT2D eigenvalue weighted by Gasteiger charge is 2.48. The van der Waals surface area contributed by atoms with Gasteiger partial charge in [-0.25, -0.2) is 0 Å². The van der Waals surface area contributed by atoms with Gasteiger partial charge < -0.3 is 14.8 Å². The Labute approximate surface area is 193 Å². The average Bonchev–Trinajstić information content (AvgIpc) is 3.28. The maximum absolute atomic E-state index is 6.42. The maximum atomic E-state index is 6.42. The minimum Gasteiger partial charge on any atom is -0.375 e. The molecule has 0 amide bonds. The van der Waals surface area contributed by atoms with E-state index in [4.69, 9.17) is 14.5 Å². The van der Waals surface area contributed by atoms with Gasteiger partial charge in [0.05, 0.1) is 11.7 Å². The largest absolute Gasteiger partial charge is 0.375 e. The number of hydrogen-bond donors (Lipinski definition) is 1. The summed E-state index contributed by atoms with van der Waals surface area (Å²) in [5.41, 5.74) is 4.24. The summed E-state index contributed by atoms with van der Waals surface area (Å²) in [4.78, 5) is 4.86. The van der Waals surface area contributed by atoms with Crippen molar-refractivity contribution in [2.75, 3.05) is 19.8 Å². The first kappa shape index (κ1) is 22.1. The van der Waals surface area contributed by atoms with Gasteiger partial charge in [0.25, 0.3) is 0 Å². The van der Waals surface area contributed by atoms with Crippen molar-refractivity contribution in [2.45, 2.75) is 87.9 Å². The number of fused-ring (bicyclic) bond motifs is 1. The lowest BCUT2D eigenvalue weighted by atomic mass is 9.68. The third-order valence-electron chi connectivity index (χ3n) is 8.17. The highest BCUT2D eigenvalue weighted by molar-refractivity contribution is 5.34. The topological polar surface area (TPSA) is 43.4 Å². The van der Waals surface area contributed by atoms with Gasteiger partial charge in [-0.1, -0.05) is 43.2 Å². The summed E-state index contributed by atoms with van der Waals surface area (Å²) in [6, 6.07) is 15.7. The quantitative estimate of drug-likeness (QED) is 0.577. The van der Waals surface area contributed by atoms with E-state index >= 15 is 0 Å². The molecule has 2 aromatic rings. The normalized spacial score (nSPS) is 29.2. The van der Waals surface area contributed by atoms with Crippen molar-refractivity contribution in [3.05, 3.63) is 65.5 Å². The van der Waals surface area contributed by atoms with Gasteiger partial charge in [-0.3, -0.25) is 4.98 Å². The molecule has 1 aliphatic heterocycles. The van der Waals surface area contributed by atoms with Crippen LogP contribution in [0.2, 0.25) is 0 Å². The molecular formula is C28H38N2O2. The molecule has 32 heavy (non-hydrogen) atoms. The molecule has 5 rings (SSSR count). The number of rotatable bonds is 7. The van der Waals surface area contributed by atoms with Crippen LogP contribution < -0.4 is 5.32 Å². The summed E-state index contributed by atoms with van der Waals surface area (Å²) in [5, 5.41) is 3.94. The molecule has 0 unspecified atom stereocenters. The zero-order valence-electron chi connectivity index (χ0n) is 19.5. The number of hydrogen-bond acceptors (Lipinski definition) is 4. The van der Waals surface area contributed by atoms with Crippen LogP contribution in [0.5, 0.6) is 0 Å². The second-order valence-corrected chi connectivity index (χ2v) is 10.1. The van der Waals surface area contributed by atoms with E-state index in [1.807, 2.05) is 12.3 Å². The highest BCUT2D eigenvalue weighted by Crippen LogP contribution is 2.49. The van der Waals surface area contributed by atoms with E-state index < -0.39 is 0 Å². The third kappa shape index (κ3) is 4.37. The molecule has 0 radical (unpaired) electrons. The molecule has 1 spiro atoms. The zero-order valence-corrected chi connectivity index (χ0v) is 19.5. The Bertz CT molecular complexity index is 880. The SMILES string of the molecule is CCO[C@H]1CC[C@H](NCC[C@@]2(c3ccccn3)CCOC3(CCCC3)C2)c2ccccc21. The number of aromatic nitrogens is 1. The molecule has 4 nitrogen and oxygen atoms in total. The molecule has 1 aromatic carbocycles. The molecule has 4 heteroatoms. The van der Waals surface area contributed by atoms with Crippen molar-refractivity contribution < 1.29 is 9.47 Å². The number of nitrogens with zero attached hydrogens (tertiary/aromatic N) is 1. The van der Waals surface area contributed by atoms with E-state index in [0.717, 1.165) is 51.9 Å². The van der Waals surface area contributed by atoms with Crippen LogP contribution in [-0.2, 0) is 14.9 Å². The van der Waals surface area contributed by atoms with Crippen LogP contribution in [0.25, 0.3) is 0 Å². The smallest absolute Gasteiger partial charge is 0.0828 e. The van der Waals surface area contributed by atoms with Gasteiger partial charge in [0.15, 0.2) is 0 Å². The van der Waals surface area contributed by atoms with Crippen LogP contribution in [0, 0.1) is 0 Å². The standard InChI is InChI=1S/C28H38N2O2/c1-2-31-25-13-12-24(22-9-3-4-10-23(22)25)29-19-16-27(26-11-5-8-18-30-26)17-20-32-28(21-27)14-6-7-15-28/h3-5,8-11,18,24-25,29H,2,6-7,12-17,19-21H2,1H3/t24-,25-,27+/m0/s1. The first-order valence-corrected chi connectivity index (χ1v) is 12.7. The molecule has 1 N–H and O–H groups in total. The van der Waals surface area contributed by atoms with Crippen LogP contribution in [0.4, 0.5) is 0 Å². The Morgan fingerprint density at radius 1 is 1.03 bits per heavy atom. The fourth-order valence-electron chi connectivity index (χ4n) is 6.62. The minimum atomic E-state index is 0.0813. The Balaban J connectivity index is 1.32. The maximum Gasteiger partial charge on any atom is 0.0828 e. The fraction of sp³-hybridized carbons (Fsp3) is 0.607. The zero-order chi connectivity index (χ0) is 21.9. The van der Waals surface area contributed by atoms with Crippen molar-refractivity contribution in [3.63, 3.8) is 0 Å². The summed E-state index contributed by atoms with van der Waals surface area (Å²) in [6.07, 6.45) is 12.8. The van der Waals surface area contributed by atoms with E-state index in [1.165, 1.54) is 42.5 Å². The van der Waals surface area contributed by atoms with Gasteiger partial charge in [-0.05, 0) is 81.7 Å². The predicted octanol–water partition coefficient (Wildman–Crippen LogP) is 6.04. The Morgan fingerprint density at radius 2 is 1.84 bits per heavy atom. The first-order valence-electron chi connectivity index (χ1n) is 12.7. The van der Waals surface area contributed by atoms with Gasteiger partial charge in [0.1, 0.15) is 0 Å². The van der Waals surface area contributed by atoms with Crippen molar-refractivity contribution in [1.82, 2.24) is 10.3 Å². The van der Waals surface area contributed by atoms with Gasteiger partial charge in [0.2, 0.25) is 0 Å². The second-order valence-electron chi connectivity index (χ2n) is 10.1. The monoisotopic (exact) mass is 434 g/mol. The molecule has 1 saturated carbocycles. The summed E-state index contributed by atoms with van der Waals surface area (Å²) < 4.78 is 12.5. The van der Waals surface area contributed by atoms with E-state index in [-0.39, 0.29) is 17.1 Å². The van der Waals surface area contributed by atoms with Gasteiger partial charge in [-0.2, -0.15) is 0 Å². The molecular weight excluding hydrogens is 396 g/mol. The number of nitrogens with one attached hydrogen (secondary N) is 1. The van der Waals surface area contributed by atoms with Gasteiger partial charge in [-0.15, -0.1) is 0 Å². The number of ether oxygens (including phenoxy) is 2. The number of pyridine rings is 1. The fourth-order valence-corrected chi connectivity index (χ4v) is 6.62. The highest BCUT2D eigenvalue weighted by atomic mass is 16.5. The molecule has 2 fully saturated rings. The lowest BCUT2D eigenvalue weighted by Crippen LogP contribution is -2.47. The van der Waals surface area contributed by atoms with Crippen molar-refractivity contribution >= 4 is 0 Å². The molecule has 2 aliphatic carbocycles. The summed E-state index contributed by atoms with van der Waals surface area (Å²) in [7, 11) is 0. The van der Waals surface area contributed by atoms with Crippen molar-refractivity contribution in [3.8, 4) is 0 Å². The van der Waals surface area contributed by atoms with Crippen LogP contribution in [-0.4, -0.2) is 30.3 Å². The van der Waals surface area contributed by atoms with E-state index in [1.54, 1.807) is 0 Å². The molecule has 3 aliphatic rings. The lowest BCUT2D eigenvalue weighted by molar-refractivity contribution is -0.104. The van der Waals surface area contributed by atoms with Crippen LogP contribution >= 0.6 is 0 Å². The predicted molar refractivity (Wildman–Crippen MR) is 128 cm³/mol. The Kier molecular flexibility index (Phi) is 6.64. The van der Waals surface area contributed by atoms with Crippen LogP contribution in [0.15, 0.2) is 48.7 Å². The number of benzene rings is 1. The molecule has 1 saturated heterocycles. The van der Waals surface area contributed by atoms with E-state index in [0.29, 0.717) is 6.04 Å². The van der Waals surface area contributed by atoms with Crippen LogP contribution in [0.3, 0.4) is 0 Å². The molecule has 0 bridgehead atoms. The summed E-state index contributed by atoms with van der Waals surface area (Å²) in [5.74, 6) is 0. The third-order valence-corrected chi connectivity index (χ3v) is 8.17.